The van der Waals surface area contributed by atoms with Crippen LogP contribution in [0.15, 0.2) is 66.2 Å². The molecule has 1 N–H and O–H groups in total. The molecule has 1 heterocycles. The minimum atomic E-state index is -0.907. The minimum absolute atomic E-state index is 0.103. The van der Waals surface area contributed by atoms with Gasteiger partial charge in [0, 0.05) is 18.7 Å². The van der Waals surface area contributed by atoms with Gasteiger partial charge in [-0.15, -0.1) is 0 Å². The second-order valence-electron chi connectivity index (χ2n) is 8.80. The Bertz CT molecular complexity index is 1390. The van der Waals surface area contributed by atoms with Crippen molar-refractivity contribution in [1.29, 1.82) is 0 Å². The molecule has 9 heteroatoms. The fourth-order valence-electron chi connectivity index (χ4n) is 4.36. The lowest BCUT2D eigenvalue weighted by Crippen LogP contribution is -2.32. The summed E-state index contributed by atoms with van der Waals surface area (Å²) in [5, 5.41) is 11.8. The molecular formula is C29H27Cl2NO6. The van der Waals surface area contributed by atoms with E-state index < -0.39 is 23.5 Å². The fourth-order valence-corrected chi connectivity index (χ4v) is 4.93. The second-order valence-corrected chi connectivity index (χ2v) is 9.64. The van der Waals surface area contributed by atoms with E-state index >= 15 is 0 Å². The number of benzene rings is 3. The zero-order chi connectivity index (χ0) is 27.4. The SMILES string of the molecule is COCCN1C(=O)C(=O)/C(=C(/O)c2cc(Cl)cc(Cl)c2OC)C1c1cccc(OCc2ccc(C)cc2)c1. The predicted octanol–water partition coefficient (Wildman–Crippen LogP) is 5.96. The average molecular weight is 556 g/mol. The maximum absolute atomic E-state index is 13.3. The number of amides is 1. The summed E-state index contributed by atoms with van der Waals surface area (Å²) >= 11 is 12.5. The quantitative estimate of drug-likeness (QED) is 0.199. The highest BCUT2D eigenvalue weighted by Gasteiger charge is 2.46. The summed E-state index contributed by atoms with van der Waals surface area (Å²) in [5.41, 5.74) is 2.72. The van der Waals surface area contributed by atoms with Crippen LogP contribution in [0.25, 0.3) is 5.76 Å². The first-order valence-electron chi connectivity index (χ1n) is 11.8. The number of methoxy groups -OCH3 is 2. The Labute approximate surface area is 231 Å². The molecule has 1 saturated heterocycles. The molecule has 1 aliphatic heterocycles. The van der Waals surface area contributed by atoms with Crippen LogP contribution in [-0.4, -0.2) is 49.1 Å². The lowest BCUT2D eigenvalue weighted by Gasteiger charge is -2.25. The number of aliphatic hydroxyl groups is 1. The standard InChI is InChI=1S/C29H27Cl2NO6/c1-17-7-9-18(10-8-17)16-38-21-6-4-5-19(13-21)25-24(27(34)29(35)32(25)11-12-36-2)26(33)22-14-20(30)15-23(31)28(22)37-3/h4-10,13-15,25,33H,11-12,16H2,1-3H3/b26-24+. The number of ether oxygens (including phenoxy) is 3. The summed E-state index contributed by atoms with van der Waals surface area (Å²) in [7, 11) is 2.89. The van der Waals surface area contributed by atoms with E-state index in [2.05, 4.69) is 0 Å². The maximum atomic E-state index is 13.3. The number of aryl methyl sites for hydroxylation is 1. The molecule has 1 amide bonds. The molecule has 1 atom stereocenters. The van der Waals surface area contributed by atoms with Crippen LogP contribution in [-0.2, 0) is 20.9 Å². The summed E-state index contributed by atoms with van der Waals surface area (Å²) < 4.78 is 16.6. The molecule has 4 rings (SSSR count). The Morgan fingerprint density at radius 1 is 1.03 bits per heavy atom. The number of hydrogen-bond acceptors (Lipinski definition) is 6. The Morgan fingerprint density at radius 3 is 2.45 bits per heavy atom. The van der Waals surface area contributed by atoms with Gasteiger partial charge in [0.25, 0.3) is 11.7 Å². The van der Waals surface area contributed by atoms with Gasteiger partial charge in [0.05, 0.1) is 35.9 Å². The molecule has 0 bridgehead atoms. The third kappa shape index (κ3) is 5.65. The number of hydrogen-bond donors (Lipinski definition) is 1. The minimum Gasteiger partial charge on any atom is -0.507 e. The predicted molar refractivity (Wildman–Crippen MR) is 146 cm³/mol. The van der Waals surface area contributed by atoms with Crippen LogP contribution in [0.1, 0.15) is 28.3 Å². The first kappa shape index (κ1) is 27.5. The molecule has 0 spiro atoms. The van der Waals surface area contributed by atoms with Crippen molar-refractivity contribution in [2.75, 3.05) is 27.4 Å². The van der Waals surface area contributed by atoms with Crippen molar-refractivity contribution in [1.82, 2.24) is 4.90 Å². The van der Waals surface area contributed by atoms with E-state index in [0.29, 0.717) is 17.9 Å². The molecule has 198 valence electrons. The van der Waals surface area contributed by atoms with Crippen molar-refractivity contribution in [2.45, 2.75) is 19.6 Å². The number of likely N-dealkylation sites (tertiary alicyclic amines) is 1. The number of halogens is 2. The molecule has 3 aromatic rings. The molecular weight excluding hydrogens is 529 g/mol. The first-order valence-corrected chi connectivity index (χ1v) is 12.6. The maximum Gasteiger partial charge on any atom is 0.295 e. The molecule has 1 unspecified atom stereocenters. The topological polar surface area (TPSA) is 85.3 Å². The average Bonchev–Trinajstić information content (AvgIpc) is 3.16. The largest absolute Gasteiger partial charge is 0.507 e. The van der Waals surface area contributed by atoms with Crippen molar-refractivity contribution in [2.24, 2.45) is 0 Å². The van der Waals surface area contributed by atoms with E-state index in [4.69, 9.17) is 37.4 Å². The Morgan fingerprint density at radius 2 is 1.76 bits per heavy atom. The van der Waals surface area contributed by atoms with Gasteiger partial charge in [-0.1, -0.05) is 65.2 Å². The summed E-state index contributed by atoms with van der Waals surface area (Å²) in [6.07, 6.45) is 0. The highest BCUT2D eigenvalue weighted by molar-refractivity contribution is 6.46. The van der Waals surface area contributed by atoms with Gasteiger partial charge >= 0.3 is 0 Å². The fraction of sp³-hybridized carbons (Fsp3) is 0.241. The van der Waals surface area contributed by atoms with Gasteiger partial charge in [-0.3, -0.25) is 9.59 Å². The summed E-state index contributed by atoms with van der Waals surface area (Å²) in [6.45, 7) is 2.68. The number of Topliss-reactive ketones (excluding diaryl/α,β-unsaturated/α-hetero) is 1. The van der Waals surface area contributed by atoms with Gasteiger partial charge in [-0.05, 0) is 42.3 Å². The van der Waals surface area contributed by atoms with Crippen LogP contribution in [0.3, 0.4) is 0 Å². The molecule has 0 aromatic heterocycles. The van der Waals surface area contributed by atoms with Crippen molar-refractivity contribution in [3.8, 4) is 11.5 Å². The van der Waals surface area contributed by atoms with Crippen molar-refractivity contribution in [3.63, 3.8) is 0 Å². The third-order valence-corrected chi connectivity index (χ3v) is 6.74. The first-order chi connectivity index (χ1) is 18.2. The number of carbonyl (C=O) groups excluding carboxylic acids is 2. The number of rotatable bonds is 9. The Balaban J connectivity index is 1.79. The lowest BCUT2D eigenvalue weighted by atomic mass is 9.95. The molecule has 1 aliphatic rings. The zero-order valence-electron chi connectivity index (χ0n) is 21.2. The van der Waals surface area contributed by atoms with Gasteiger partial charge in [0.2, 0.25) is 0 Å². The lowest BCUT2D eigenvalue weighted by molar-refractivity contribution is -0.140. The summed E-state index contributed by atoms with van der Waals surface area (Å²) in [4.78, 5) is 27.8. The zero-order valence-corrected chi connectivity index (χ0v) is 22.7. The van der Waals surface area contributed by atoms with Gasteiger partial charge in [0.1, 0.15) is 23.9 Å². The van der Waals surface area contributed by atoms with Crippen molar-refractivity contribution in [3.05, 3.63) is 98.5 Å². The van der Waals surface area contributed by atoms with E-state index in [1.54, 1.807) is 24.3 Å². The third-order valence-electron chi connectivity index (χ3n) is 6.24. The van der Waals surface area contributed by atoms with E-state index in [9.17, 15) is 14.7 Å². The summed E-state index contributed by atoms with van der Waals surface area (Å²) in [5.74, 6) is -1.37. The Hall–Kier alpha value is -3.52. The second kappa shape index (κ2) is 11.9. The van der Waals surface area contributed by atoms with Crippen LogP contribution >= 0.6 is 23.2 Å². The van der Waals surface area contributed by atoms with Crippen LogP contribution in [0.4, 0.5) is 0 Å². The smallest absolute Gasteiger partial charge is 0.295 e. The number of carbonyl (C=O) groups is 2. The van der Waals surface area contributed by atoms with E-state index in [1.807, 2.05) is 31.2 Å². The van der Waals surface area contributed by atoms with E-state index in [1.165, 1.54) is 31.3 Å². The number of ketones is 1. The van der Waals surface area contributed by atoms with E-state index in [-0.39, 0.29) is 40.1 Å². The van der Waals surface area contributed by atoms with Gasteiger partial charge in [-0.2, -0.15) is 0 Å². The van der Waals surface area contributed by atoms with Crippen LogP contribution < -0.4 is 9.47 Å². The molecule has 3 aromatic carbocycles. The van der Waals surface area contributed by atoms with Gasteiger partial charge in [0.15, 0.2) is 0 Å². The van der Waals surface area contributed by atoms with Gasteiger partial charge < -0.3 is 24.2 Å². The molecule has 0 saturated carbocycles. The van der Waals surface area contributed by atoms with Crippen LogP contribution in [0, 0.1) is 6.92 Å². The van der Waals surface area contributed by atoms with Gasteiger partial charge in [-0.25, -0.2) is 0 Å². The highest BCUT2D eigenvalue weighted by atomic mass is 35.5. The monoisotopic (exact) mass is 555 g/mol. The molecule has 38 heavy (non-hydrogen) atoms. The van der Waals surface area contributed by atoms with Crippen molar-refractivity contribution >= 4 is 40.7 Å². The highest BCUT2D eigenvalue weighted by Crippen LogP contribution is 2.43. The molecule has 1 fully saturated rings. The van der Waals surface area contributed by atoms with Crippen LogP contribution in [0.2, 0.25) is 10.0 Å². The Kier molecular flexibility index (Phi) is 8.62. The number of nitrogens with zero attached hydrogens (tertiary/aromatic N) is 1. The van der Waals surface area contributed by atoms with E-state index in [0.717, 1.165) is 11.1 Å². The molecule has 7 nitrogen and oxygen atoms in total. The molecule has 0 aliphatic carbocycles. The van der Waals surface area contributed by atoms with Crippen molar-refractivity contribution < 1.29 is 28.9 Å². The summed E-state index contributed by atoms with van der Waals surface area (Å²) in [6, 6.07) is 17.1. The number of aliphatic hydroxyl groups excluding tert-OH is 1. The molecule has 0 radical (unpaired) electrons. The normalized spacial score (nSPS) is 16.7. The van der Waals surface area contributed by atoms with Crippen LogP contribution in [0.5, 0.6) is 11.5 Å².